The molecule has 1 atom stereocenters. The Morgan fingerprint density at radius 3 is 2.10 bits per heavy atom. The number of hydrogen-bond acceptors (Lipinski definition) is 5. The normalized spacial score (nSPS) is 14.9. The van der Waals surface area contributed by atoms with Crippen molar-refractivity contribution in [3.05, 3.63) is 77.1 Å². The van der Waals surface area contributed by atoms with Gasteiger partial charge in [0.05, 0.1) is 30.3 Å². The third kappa shape index (κ3) is 7.43. The lowest BCUT2D eigenvalue weighted by molar-refractivity contribution is 0.0998. The number of amides is 1. The van der Waals surface area contributed by atoms with Gasteiger partial charge in [0, 0.05) is 30.8 Å². The number of hydrogen-bond donors (Lipinski definition) is 0. The summed E-state index contributed by atoms with van der Waals surface area (Å²) in [7, 11) is 4.12. The fourth-order valence-electron chi connectivity index (χ4n) is 5.36. The number of carbonyl (C=O) groups excluding carboxylic acids is 1. The number of likely N-dealkylation sites (N-methyl/N-ethyl adjacent to an activating group) is 1. The largest absolute Gasteiger partial charge is 0.494 e. The van der Waals surface area contributed by atoms with E-state index in [1.165, 1.54) is 6.07 Å². The van der Waals surface area contributed by atoms with Crippen LogP contribution in [0.3, 0.4) is 0 Å². The molecule has 0 saturated carbocycles. The van der Waals surface area contributed by atoms with Gasteiger partial charge < -0.3 is 19.3 Å². The fraction of sp³-hybridized carbons (Fsp3) is 0.457. The van der Waals surface area contributed by atoms with Gasteiger partial charge in [-0.1, -0.05) is 26.7 Å². The van der Waals surface area contributed by atoms with Gasteiger partial charge in [0.2, 0.25) is 0 Å². The minimum Gasteiger partial charge on any atom is -0.494 e. The fourth-order valence-corrected chi connectivity index (χ4v) is 5.36. The summed E-state index contributed by atoms with van der Waals surface area (Å²) in [6.45, 7) is 11.0. The Labute approximate surface area is 251 Å². The molecule has 1 unspecified atom stereocenters. The smallest absolute Gasteiger partial charge is 0.263 e. The molecule has 0 aliphatic carbocycles. The molecule has 1 heterocycles. The Morgan fingerprint density at radius 1 is 0.905 bits per heavy atom. The maximum absolute atomic E-state index is 15.8. The highest BCUT2D eigenvalue weighted by molar-refractivity contribution is 6.12. The van der Waals surface area contributed by atoms with Crippen LogP contribution in [0, 0.1) is 19.7 Å². The summed E-state index contributed by atoms with van der Waals surface area (Å²) in [6.07, 6.45) is 5.04. The van der Waals surface area contributed by atoms with E-state index in [2.05, 4.69) is 37.7 Å². The van der Waals surface area contributed by atoms with Crippen LogP contribution in [0.1, 0.15) is 67.4 Å². The van der Waals surface area contributed by atoms with Crippen LogP contribution in [0.5, 0.6) is 11.5 Å². The van der Waals surface area contributed by atoms with Crippen molar-refractivity contribution < 1.29 is 18.7 Å². The van der Waals surface area contributed by atoms with Crippen molar-refractivity contribution in [1.82, 2.24) is 4.90 Å². The number of halogens is 1. The van der Waals surface area contributed by atoms with E-state index in [-0.39, 0.29) is 11.7 Å². The van der Waals surface area contributed by atoms with Crippen LogP contribution in [-0.4, -0.2) is 57.2 Å². The summed E-state index contributed by atoms with van der Waals surface area (Å²) in [6, 6.07) is 16.8. The summed E-state index contributed by atoms with van der Waals surface area (Å²) >= 11 is 0. The molecule has 1 aliphatic heterocycles. The van der Waals surface area contributed by atoms with Crippen molar-refractivity contribution in [2.45, 2.75) is 65.8 Å². The number of aryl methyl sites for hydroxylation is 2. The monoisotopic (exact) mass is 575 g/mol. The molecular weight excluding hydrogens is 529 g/mol. The first-order chi connectivity index (χ1) is 20.2. The van der Waals surface area contributed by atoms with Crippen LogP contribution >= 0.6 is 0 Å². The third-order valence-electron chi connectivity index (χ3n) is 8.00. The lowest BCUT2D eigenvalue weighted by Crippen LogP contribution is -2.32. The van der Waals surface area contributed by atoms with E-state index in [0.29, 0.717) is 41.9 Å². The molecule has 0 spiro atoms. The Morgan fingerprint density at radius 2 is 1.55 bits per heavy atom. The topological polar surface area (TPSA) is 45.2 Å². The number of benzene rings is 3. The molecule has 226 valence electrons. The Bertz CT molecular complexity index is 1360. The molecule has 6 nitrogen and oxygen atoms in total. The highest BCUT2D eigenvalue weighted by Crippen LogP contribution is 2.36. The van der Waals surface area contributed by atoms with Crippen LogP contribution in [0.15, 0.2) is 54.6 Å². The van der Waals surface area contributed by atoms with Crippen molar-refractivity contribution in [2.24, 2.45) is 0 Å². The van der Waals surface area contributed by atoms with Crippen molar-refractivity contribution >= 4 is 23.0 Å². The van der Waals surface area contributed by atoms with Gasteiger partial charge in [-0.3, -0.25) is 9.69 Å². The number of ether oxygens (including phenoxy) is 2. The first kappa shape index (κ1) is 31.4. The van der Waals surface area contributed by atoms with Crippen LogP contribution in [0.2, 0.25) is 0 Å². The predicted octanol–water partition coefficient (Wildman–Crippen LogP) is 7.92. The maximum Gasteiger partial charge on any atom is 0.263 e. The highest BCUT2D eigenvalue weighted by atomic mass is 19.1. The summed E-state index contributed by atoms with van der Waals surface area (Å²) in [4.78, 5) is 20.2. The molecule has 0 radical (unpaired) electrons. The molecule has 0 bridgehead atoms. The number of anilines is 3. The second kappa shape index (κ2) is 14.5. The van der Waals surface area contributed by atoms with Crippen LogP contribution in [-0.2, 0) is 0 Å². The van der Waals surface area contributed by atoms with Crippen LogP contribution < -0.4 is 19.3 Å². The zero-order chi connectivity index (χ0) is 30.2. The van der Waals surface area contributed by atoms with Gasteiger partial charge in [-0.05, 0) is 107 Å². The average Bonchev–Trinajstić information content (AvgIpc) is 3.45. The van der Waals surface area contributed by atoms with Gasteiger partial charge in [-0.25, -0.2) is 4.39 Å². The van der Waals surface area contributed by atoms with E-state index in [9.17, 15) is 4.79 Å². The SMILES string of the molecule is CCCCOc1ccc(C(=O)N(c2ccc(N3CCC(N(C)C)C3)c(F)c2)c2ccc(OCCCC)cc2C)c(C)c1. The minimum atomic E-state index is -0.335. The first-order valence-corrected chi connectivity index (χ1v) is 15.3. The lowest BCUT2D eigenvalue weighted by Gasteiger charge is -2.27. The Kier molecular flexibility index (Phi) is 10.9. The summed E-state index contributed by atoms with van der Waals surface area (Å²) in [5, 5.41) is 0. The van der Waals surface area contributed by atoms with Gasteiger partial charge in [-0.2, -0.15) is 0 Å². The van der Waals surface area contributed by atoms with Crippen molar-refractivity contribution in [3.63, 3.8) is 0 Å². The van der Waals surface area contributed by atoms with E-state index in [4.69, 9.17) is 9.47 Å². The lowest BCUT2D eigenvalue weighted by atomic mass is 10.0. The molecule has 0 aromatic heterocycles. The second-order valence-electron chi connectivity index (χ2n) is 11.5. The zero-order valence-corrected chi connectivity index (χ0v) is 26.1. The maximum atomic E-state index is 15.8. The molecule has 7 heteroatoms. The number of nitrogens with zero attached hydrogens (tertiary/aromatic N) is 3. The Balaban J connectivity index is 1.69. The molecule has 1 fully saturated rings. The van der Waals surface area contributed by atoms with Gasteiger partial charge in [0.1, 0.15) is 17.3 Å². The van der Waals surface area contributed by atoms with E-state index < -0.39 is 0 Å². The number of carbonyl (C=O) groups is 1. The zero-order valence-electron chi connectivity index (χ0n) is 26.1. The molecule has 3 aromatic rings. The molecule has 1 aliphatic rings. The van der Waals surface area contributed by atoms with Crippen LogP contribution in [0.25, 0.3) is 0 Å². The minimum absolute atomic E-state index is 0.226. The molecule has 4 rings (SSSR count). The van der Waals surface area contributed by atoms with Gasteiger partial charge >= 0.3 is 0 Å². The second-order valence-corrected chi connectivity index (χ2v) is 11.5. The van der Waals surface area contributed by atoms with Crippen molar-refractivity contribution in [2.75, 3.05) is 50.2 Å². The van der Waals surface area contributed by atoms with Crippen molar-refractivity contribution in [1.29, 1.82) is 0 Å². The van der Waals surface area contributed by atoms with E-state index in [1.54, 1.807) is 17.0 Å². The van der Waals surface area contributed by atoms with Crippen molar-refractivity contribution in [3.8, 4) is 11.5 Å². The molecule has 42 heavy (non-hydrogen) atoms. The van der Waals surface area contributed by atoms with E-state index in [0.717, 1.165) is 67.8 Å². The van der Waals surface area contributed by atoms with Gasteiger partial charge in [-0.15, -0.1) is 0 Å². The average molecular weight is 576 g/mol. The quantitative estimate of drug-likeness (QED) is 0.194. The van der Waals surface area contributed by atoms with E-state index >= 15 is 4.39 Å². The van der Waals surface area contributed by atoms with Crippen LogP contribution in [0.4, 0.5) is 21.5 Å². The highest BCUT2D eigenvalue weighted by Gasteiger charge is 2.28. The summed E-state index contributed by atoms with van der Waals surface area (Å²) in [5.74, 6) is 0.938. The number of unbranched alkanes of at least 4 members (excludes halogenated alkanes) is 2. The first-order valence-electron chi connectivity index (χ1n) is 15.3. The number of rotatable bonds is 13. The molecular formula is C35H46FN3O3. The molecule has 0 N–H and O–H groups in total. The predicted molar refractivity (Wildman–Crippen MR) is 170 cm³/mol. The molecule has 3 aromatic carbocycles. The van der Waals surface area contributed by atoms with E-state index in [1.807, 2.05) is 50.2 Å². The third-order valence-corrected chi connectivity index (χ3v) is 8.00. The summed E-state index contributed by atoms with van der Waals surface area (Å²) in [5.41, 5.74) is 3.95. The van der Waals surface area contributed by atoms with Gasteiger partial charge in [0.15, 0.2) is 0 Å². The molecule has 1 amide bonds. The standard InChI is InChI=1S/C35H46FN3O3/c1-7-9-19-41-29-12-14-31(25(3)21-29)35(40)39(33-16-13-30(22-26(33)4)42-20-10-8-2)27-11-15-34(32(36)23-27)38-18-17-28(24-38)37(5)6/h11-16,21-23,28H,7-10,17-20,24H2,1-6H3. The summed E-state index contributed by atoms with van der Waals surface area (Å²) < 4.78 is 27.5. The van der Waals surface area contributed by atoms with Gasteiger partial charge in [0.25, 0.3) is 5.91 Å². The molecule has 1 saturated heterocycles. The Hall–Kier alpha value is -3.58.